The van der Waals surface area contributed by atoms with E-state index in [2.05, 4.69) is 15.7 Å². The fourth-order valence-electron chi connectivity index (χ4n) is 5.94. The number of amides is 3. The number of carbonyl (C=O) groups excluding carboxylic acids is 3. The molecule has 2 heterocycles. The number of hydrogen-bond acceptors (Lipinski definition) is 7. The summed E-state index contributed by atoms with van der Waals surface area (Å²) in [6, 6.07) is 17.6. The molecule has 3 N–H and O–H groups in total. The molecule has 5 rings (SSSR count). The van der Waals surface area contributed by atoms with Gasteiger partial charge in [-0.3, -0.25) is 23.4 Å². The fraction of sp³-hybridized carbons (Fsp3) is 0.351. The smallest absolute Gasteiger partial charge is 0.257 e. The van der Waals surface area contributed by atoms with E-state index in [1.165, 1.54) is 48.3 Å². The Morgan fingerprint density at radius 2 is 1.55 bits per heavy atom. The Bertz CT molecular complexity index is 1950. The molecule has 0 aliphatic carbocycles. The van der Waals surface area contributed by atoms with Gasteiger partial charge in [0.25, 0.3) is 17.7 Å². The van der Waals surface area contributed by atoms with Crippen molar-refractivity contribution < 1.29 is 32.3 Å². The second-order valence-corrected chi connectivity index (χ2v) is 14.9. The van der Waals surface area contributed by atoms with Crippen LogP contribution in [0.5, 0.6) is 0 Å². The molecular formula is C37H43FN6O6S. The summed E-state index contributed by atoms with van der Waals surface area (Å²) in [5.41, 5.74) is 1.98. The van der Waals surface area contributed by atoms with Gasteiger partial charge < -0.3 is 20.6 Å². The highest BCUT2D eigenvalue weighted by molar-refractivity contribution is 7.92. The highest BCUT2D eigenvalue weighted by atomic mass is 32.2. The Morgan fingerprint density at radius 3 is 2.18 bits per heavy atom. The zero-order valence-electron chi connectivity index (χ0n) is 28.8. The lowest BCUT2D eigenvalue weighted by Crippen LogP contribution is -2.46. The number of benzene rings is 3. The first-order chi connectivity index (χ1) is 24.3. The van der Waals surface area contributed by atoms with Gasteiger partial charge in [0, 0.05) is 37.5 Å². The normalized spacial score (nSPS) is 15.0. The van der Waals surface area contributed by atoms with E-state index in [-0.39, 0.29) is 35.7 Å². The van der Waals surface area contributed by atoms with Gasteiger partial charge in [-0.2, -0.15) is 5.10 Å². The quantitative estimate of drug-likeness (QED) is 0.189. The van der Waals surface area contributed by atoms with Crippen LogP contribution in [0.1, 0.15) is 74.4 Å². The van der Waals surface area contributed by atoms with Crippen molar-refractivity contribution in [1.29, 1.82) is 0 Å². The van der Waals surface area contributed by atoms with Crippen LogP contribution in [0, 0.1) is 5.82 Å². The van der Waals surface area contributed by atoms with Gasteiger partial charge in [0.15, 0.2) is 0 Å². The molecule has 51 heavy (non-hydrogen) atoms. The molecule has 1 aromatic heterocycles. The standard InChI is InChI=1S/C37H43FN6O6S/c1-25(27-12-14-31(38)15-13-27)40-35(46)28-19-29(21-32(20-28)42(2)51(3,49)50)36(47)41-33(18-26-10-6-4-7-11-26)34(45)24-44-23-30(22-39-44)37(48)43-16-8-5-9-17-43/h4,6-7,10-15,19-23,25,33-34,45H,5,8-9,16-18,24H2,1-3H3,(H,40,46)(H,41,47)/t25-,33+,34+/m1/s1. The number of aliphatic hydroxyl groups excluding tert-OH is 1. The lowest BCUT2D eigenvalue weighted by molar-refractivity contribution is 0.0723. The number of sulfonamides is 1. The maximum Gasteiger partial charge on any atom is 0.257 e. The SMILES string of the molecule is C[C@@H](NC(=O)c1cc(C(=O)N[C@@H](Cc2ccccc2)[C@@H](O)Cn2cc(C(=O)N3CCCCC3)cn2)cc(N(C)S(C)(=O)=O)c1)c1ccc(F)cc1. The molecule has 0 spiro atoms. The number of nitrogens with zero attached hydrogens (tertiary/aromatic N) is 4. The van der Waals surface area contributed by atoms with Gasteiger partial charge in [0.2, 0.25) is 10.0 Å². The topological polar surface area (TPSA) is 154 Å². The van der Waals surface area contributed by atoms with Crippen LogP contribution in [0.2, 0.25) is 0 Å². The van der Waals surface area contributed by atoms with Gasteiger partial charge in [-0.05, 0) is 74.1 Å². The van der Waals surface area contributed by atoms with Crippen LogP contribution in [0.25, 0.3) is 0 Å². The zero-order chi connectivity index (χ0) is 36.7. The second-order valence-electron chi connectivity index (χ2n) is 12.9. The molecule has 1 fully saturated rings. The van der Waals surface area contributed by atoms with Crippen LogP contribution in [-0.4, -0.2) is 84.5 Å². The molecule has 1 saturated heterocycles. The summed E-state index contributed by atoms with van der Waals surface area (Å²) in [7, 11) is -2.47. The third kappa shape index (κ3) is 9.79. The molecule has 3 atom stereocenters. The summed E-state index contributed by atoms with van der Waals surface area (Å²) in [5, 5.41) is 21.5. The Morgan fingerprint density at radius 1 is 0.922 bits per heavy atom. The Balaban J connectivity index is 1.39. The van der Waals surface area contributed by atoms with Gasteiger partial charge >= 0.3 is 0 Å². The van der Waals surface area contributed by atoms with Crippen LogP contribution >= 0.6 is 0 Å². The monoisotopic (exact) mass is 718 g/mol. The summed E-state index contributed by atoms with van der Waals surface area (Å²) < 4.78 is 40.9. The molecule has 14 heteroatoms. The van der Waals surface area contributed by atoms with E-state index >= 15 is 0 Å². The van der Waals surface area contributed by atoms with Gasteiger partial charge in [-0.25, -0.2) is 12.8 Å². The number of aliphatic hydroxyl groups is 1. The number of likely N-dealkylation sites (tertiary alicyclic amines) is 1. The van der Waals surface area contributed by atoms with E-state index in [1.54, 1.807) is 30.2 Å². The maximum absolute atomic E-state index is 13.9. The molecule has 0 unspecified atom stereocenters. The summed E-state index contributed by atoms with van der Waals surface area (Å²) in [4.78, 5) is 42.2. The van der Waals surface area contributed by atoms with E-state index in [1.807, 2.05) is 30.3 Å². The van der Waals surface area contributed by atoms with Crippen LogP contribution in [0.4, 0.5) is 10.1 Å². The number of carbonyl (C=O) groups is 3. The largest absolute Gasteiger partial charge is 0.389 e. The van der Waals surface area contributed by atoms with Crippen molar-refractivity contribution >= 4 is 33.4 Å². The first-order valence-electron chi connectivity index (χ1n) is 16.8. The minimum atomic E-state index is -3.78. The number of hydrogen-bond donors (Lipinski definition) is 3. The molecule has 0 radical (unpaired) electrons. The van der Waals surface area contributed by atoms with E-state index in [0.29, 0.717) is 24.2 Å². The molecule has 4 aromatic rings. The van der Waals surface area contributed by atoms with E-state index in [9.17, 15) is 32.3 Å². The van der Waals surface area contributed by atoms with E-state index < -0.39 is 45.8 Å². The average molecular weight is 719 g/mol. The Kier molecular flexibility index (Phi) is 11.9. The third-order valence-corrected chi connectivity index (χ3v) is 10.2. The van der Waals surface area contributed by atoms with Gasteiger partial charge in [-0.1, -0.05) is 42.5 Å². The fourth-order valence-corrected chi connectivity index (χ4v) is 6.43. The van der Waals surface area contributed by atoms with Gasteiger partial charge in [-0.15, -0.1) is 0 Å². The zero-order valence-corrected chi connectivity index (χ0v) is 29.6. The number of rotatable bonds is 13. The van der Waals surface area contributed by atoms with Crippen molar-refractivity contribution in [2.24, 2.45) is 0 Å². The van der Waals surface area contributed by atoms with E-state index in [4.69, 9.17) is 0 Å². The van der Waals surface area contributed by atoms with Crippen LogP contribution in [0.15, 0.2) is 85.2 Å². The second kappa shape index (κ2) is 16.3. The Labute approximate surface area is 297 Å². The van der Waals surface area contributed by atoms with Crippen molar-refractivity contribution in [1.82, 2.24) is 25.3 Å². The molecule has 1 aliphatic heterocycles. The summed E-state index contributed by atoms with van der Waals surface area (Å²) in [6.45, 7) is 3.06. The first kappa shape index (κ1) is 37.2. The molecular weight excluding hydrogens is 676 g/mol. The highest BCUT2D eigenvalue weighted by Gasteiger charge is 2.27. The van der Waals surface area contributed by atoms with Crippen LogP contribution < -0.4 is 14.9 Å². The number of piperidine rings is 1. The molecule has 0 bridgehead atoms. The summed E-state index contributed by atoms with van der Waals surface area (Å²) in [5.74, 6) is -1.77. The highest BCUT2D eigenvalue weighted by Crippen LogP contribution is 2.23. The molecule has 0 saturated carbocycles. The lowest BCUT2D eigenvalue weighted by Gasteiger charge is -2.26. The number of aromatic nitrogens is 2. The number of halogens is 1. The minimum Gasteiger partial charge on any atom is -0.389 e. The Hall–Kier alpha value is -5.08. The average Bonchev–Trinajstić information content (AvgIpc) is 3.59. The van der Waals surface area contributed by atoms with Gasteiger partial charge in [0.05, 0.1) is 48.4 Å². The van der Waals surface area contributed by atoms with E-state index in [0.717, 1.165) is 35.4 Å². The van der Waals surface area contributed by atoms with Gasteiger partial charge in [0.1, 0.15) is 5.82 Å². The van der Waals surface area contributed by atoms with Crippen LogP contribution in [-0.2, 0) is 23.0 Å². The van der Waals surface area contributed by atoms with Crippen molar-refractivity contribution in [3.05, 3.63) is 119 Å². The summed E-state index contributed by atoms with van der Waals surface area (Å²) in [6.07, 6.45) is 6.14. The number of anilines is 1. The maximum atomic E-state index is 13.9. The molecule has 3 aromatic carbocycles. The summed E-state index contributed by atoms with van der Waals surface area (Å²) >= 11 is 0. The van der Waals surface area contributed by atoms with Crippen LogP contribution in [0.3, 0.4) is 0 Å². The van der Waals surface area contributed by atoms with Crippen molar-refractivity contribution in [2.45, 2.75) is 57.3 Å². The molecule has 1 aliphatic rings. The first-order valence-corrected chi connectivity index (χ1v) is 18.6. The molecule has 270 valence electrons. The minimum absolute atomic E-state index is 0.0126. The van der Waals surface area contributed by atoms with Crippen molar-refractivity contribution in [3.63, 3.8) is 0 Å². The predicted octanol–water partition coefficient (Wildman–Crippen LogP) is 3.94. The predicted molar refractivity (Wildman–Crippen MR) is 191 cm³/mol. The molecule has 12 nitrogen and oxygen atoms in total. The van der Waals surface area contributed by atoms with Crippen molar-refractivity contribution in [2.75, 3.05) is 30.7 Å². The third-order valence-electron chi connectivity index (χ3n) is 9.00. The lowest BCUT2D eigenvalue weighted by atomic mass is 10.00. The molecule has 3 amide bonds. The van der Waals surface area contributed by atoms with Crippen molar-refractivity contribution in [3.8, 4) is 0 Å². The number of nitrogens with one attached hydrogen (secondary N) is 2.